The normalized spacial score (nSPS) is 22.1. The average Bonchev–Trinajstić information content (AvgIpc) is 2.86. The van der Waals surface area contributed by atoms with E-state index in [2.05, 4.69) is 10.4 Å². The third-order valence-corrected chi connectivity index (χ3v) is 4.41. The fourth-order valence-corrected chi connectivity index (χ4v) is 3.36. The van der Waals surface area contributed by atoms with Crippen molar-refractivity contribution >= 4 is 11.8 Å². The molecule has 1 N–H and O–H groups in total. The lowest BCUT2D eigenvalue weighted by Crippen LogP contribution is -2.67. The van der Waals surface area contributed by atoms with Crippen molar-refractivity contribution in [3.63, 3.8) is 0 Å². The Balaban J connectivity index is 1.90. The van der Waals surface area contributed by atoms with Gasteiger partial charge in [-0.1, -0.05) is 19.3 Å². The molecule has 1 aliphatic heterocycles. The van der Waals surface area contributed by atoms with Crippen LogP contribution in [0.2, 0.25) is 0 Å². The molecule has 108 valence electrons. The summed E-state index contributed by atoms with van der Waals surface area (Å²) in [4.78, 5) is 26.5. The first-order chi connectivity index (χ1) is 9.62. The zero-order chi connectivity index (χ0) is 14.2. The molecular weight excluding hydrogens is 256 g/mol. The maximum absolute atomic E-state index is 12.4. The van der Waals surface area contributed by atoms with Crippen LogP contribution in [-0.2, 0) is 23.2 Å². The summed E-state index contributed by atoms with van der Waals surface area (Å²) >= 11 is 0. The molecule has 0 bridgehead atoms. The van der Waals surface area contributed by atoms with Gasteiger partial charge in [0.05, 0.1) is 18.8 Å². The molecule has 20 heavy (non-hydrogen) atoms. The van der Waals surface area contributed by atoms with Crippen LogP contribution in [0.5, 0.6) is 0 Å². The maximum Gasteiger partial charge on any atom is 0.246 e. The van der Waals surface area contributed by atoms with Crippen LogP contribution in [0.25, 0.3) is 0 Å². The summed E-state index contributed by atoms with van der Waals surface area (Å²) in [5.41, 5.74) is 0.186. The summed E-state index contributed by atoms with van der Waals surface area (Å²) in [7, 11) is 1.85. The molecular formula is C14H20N4O2. The van der Waals surface area contributed by atoms with Crippen molar-refractivity contribution in [3.05, 3.63) is 18.0 Å². The summed E-state index contributed by atoms with van der Waals surface area (Å²) in [6.45, 7) is 0.528. The predicted octanol–water partition coefficient (Wildman–Crippen LogP) is 0.581. The molecule has 0 radical (unpaired) electrons. The third-order valence-electron chi connectivity index (χ3n) is 4.41. The number of carbonyl (C=O) groups excluding carboxylic acids is 2. The molecule has 6 heteroatoms. The molecule has 2 aliphatic rings. The van der Waals surface area contributed by atoms with E-state index < -0.39 is 5.54 Å². The third kappa shape index (κ3) is 2.09. The number of amides is 2. The lowest BCUT2D eigenvalue weighted by atomic mass is 9.78. The Kier molecular flexibility index (Phi) is 3.23. The first-order valence-corrected chi connectivity index (χ1v) is 7.19. The van der Waals surface area contributed by atoms with Crippen LogP contribution >= 0.6 is 0 Å². The van der Waals surface area contributed by atoms with Crippen LogP contribution in [-0.4, -0.2) is 38.6 Å². The average molecular weight is 276 g/mol. The first kappa shape index (κ1) is 13.1. The Morgan fingerprint density at radius 1 is 1.30 bits per heavy atom. The van der Waals surface area contributed by atoms with E-state index in [1.807, 2.05) is 19.3 Å². The van der Waals surface area contributed by atoms with E-state index in [9.17, 15) is 9.59 Å². The van der Waals surface area contributed by atoms with Crippen molar-refractivity contribution in [1.82, 2.24) is 20.0 Å². The summed E-state index contributed by atoms with van der Waals surface area (Å²) in [5.74, 6) is 0.00452. The minimum absolute atomic E-state index is 0.00264. The van der Waals surface area contributed by atoms with Crippen LogP contribution < -0.4 is 5.32 Å². The fourth-order valence-electron chi connectivity index (χ4n) is 3.36. The molecule has 2 fully saturated rings. The van der Waals surface area contributed by atoms with Gasteiger partial charge in [-0.15, -0.1) is 0 Å². The lowest BCUT2D eigenvalue weighted by Gasteiger charge is -2.47. The highest BCUT2D eigenvalue weighted by molar-refractivity contribution is 5.98. The number of hydrogen-bond donors (Lipinski definition) is 1. The van der Waals surface area contributed by atoms with Crippen molar-refractivity contribution in [3.8, 4) is 0 Å². The van der Waals surface area contributed by atoms with E-state index in [1.54, 1.807) is 9.58 Å². The summed E-state index contributed by atoms with van der Waals surface area (Å²) in [5, 5.41) is 7.09. The number of piperazine rings is 1. The molecule has 1 saturated carbocycles. The molecule has 1 aliphatic carbocycles. The van der Waals surface area contributed by atoms with Gasteiger partial charge in [-0.25, -0.2) is 0 Å². The van der Waals surface area contributed by atoms with Crippen molar-refractivity contribution in [2.75, 3.05) is 6.54 Å². The van der Waals surface area contributed by atoms with Crippen LogP contribution in [0.3, 0.4) is 0 Å². The van der Waals surface area contributed by atoms with Gasteiger partial charge in [-0.2, -0.15) is 5.10 Å². The van der Waals surface area contributed by atoms with Gasteiger partial charge in [0.2, 0.25) is 11.8 Å². The largest absolute Gasteiger partial charge is 0.345 e. The zero-order valence-electron chi connectivity index (χ0n) is 11.8. The van der Waals surface area contributed by atoms with Crippen molar-refractivity contribution in [1.29, 1.82) is 0 Å². The summed E-state index contributed by atoms with van der Waals surface area (Å²) in [6.07, 6.45) is 6.52. The van der Waals surface area contributed by atoms with Crippen LogP contribution in [0, 0.1) is 0 Å². The van der Waals surface area contributed by atoms with Gasteiger partial charge in [-0.3, -0.25) is 14.3 Å². The quantitative estimate of drug-likeness (QED) is 0.859. The van der Waals surface area contributed by atoms with Crippen LogP contribution in [0.1, 0.15) is 37.8 Å². The minimum atomic E-state index is -0.648. The number of nitrogens with one attached hydrogen (secondary N) is 1. The summed E-state index contributed by atoms with van der Waals surface area (Å²) in [6, 6.07) is 1.90. The molecule has 2 amide bonds. The van der Waals surface area contributed by atoms with Crippen molar-refractivity contribution < 1.29 is 9.59 Å². The Bertz CT molecular complexity index is 531. The highest BCUT2D eigenvalue weighted by Gasteiger charge is 2.49. The van der Waals surface area contributed by atoms with E-state index in [0.29, 0.717) is 6.54 Å². The number of rotatable bonds is 2. The summed E-state index contributed by atoms with van der Waals surface area (Å²) < 4.78 is 1.72. The lowest BCUT2D eigenvalue weighted by molar-refractivity contribution is -0.157. The van der Waals surface area contributed by atoms with Gasteiger partial charge in [-0.05, 0) is 18.9 Å². The highest BCUT2D eigenvalue weighted by atomic mass is 16.2. The standard InChI is InChI=1S/C14H20N4O2/c1-17-8-5-11(16-17)10-18-12(19)9-15-13(20)14(18)6-3-2-4-7-14/h5,8H,2-4,6-7,9-10H2,1H3,(H,15,20). The van der Waals surface area contributed by atoms with E-state index in [-0.39, 0.29) is 18.4 Å². The van der Waals surface area contributed by atoms with E-state index in [4.69, 9.17) is 0 Å². The van der Waals surface area contributed by atoms with E-state index >= 15 is 0 Å². The number of hydrogen-bond acceptors (Lipinski definition) is 3. The molecule has 3 rings (SSSR count). The van der Waals surface area contributed by atoms with Crippen LogP contribution in [0.4, 0.5) is 0 Å². The monoisotopic (exact) mass is 276 g/mol. The van der Waals surface area contributed by atoms with Gasteiger partial charge in [0.15, 0.2) is 0 Å². The Hall–Kier alpha value is -1.85. The molecule has 1 saturated heterocycles. The van der Waals surface area contributed by atoms with Crippen LogP contribution in [0.15, 0.2) is 12.3 Å². The SMILES string of the molecule is Cn1ccc(CN2C(=O)CNC(=O)C23CCCCC3)n1. The molecule has 0 atom stereocenters. The fraction of sp³-hybridized carbons (Fsp3) is 0.643. The first-order valence-electron chi connectivity index (χ1n) is 7.19. The molecule has 1 aromatic heterocycles. The number of carbonyl (C=O) groups is 2. The van der Waals surface area contributed by atoms with E-state index in [0.717, 1.165) is 37.8 Å². The number of aromatic nitrogens is 2. The molecule has 1 aromatic rings. The Labute approximate surface area is 118 Å². The van der Waals surface area contributed by atoms with Crippen molar-refractivity contribution in [2.24, 2.45) is 7.05 Å². The molecule has 6 nitrogen and oxygen atoms in total. The highest BCUT2D eigenvalue weighted by Crippen LogP contribution is 2.36. The minimum Gasteiger partial charge on any atom is -0.345 e. The van der Waals surface area contributed by atoms with Gasteiger partial charge < -0.3 is 10.2 Å². The Morgan fingerprint density at radius 3 is 2.70 bits per heavy atom. The second-order valence-corrected chi connectivity index (χ2v) is 5.74. The topological polar surface area (TPSA) is 67.2 Å². The molecule has 0 unspecified atom stereocenters. The van der Waals surface area contributed by atoms with Gasteiger partial charge in [0, 0.05) is 13.2 Å². The van der Waals surface area contributed by atoms with E-state index in [1.165, 1.54) is 0 Å². The maximum atomic E-state index is 12.4. The Morgan fingerprint density at radius 2 is 2.05 bits per heavy atom. The second kappa shape index (κ2) is 4.92. The van der Waals surface area contributed by atoms with Crippen molar-refractivity contribution in [2.45, 2.75) is 44.2 Å². The van der Waals surface area contributed by atoms with Gasteiger partial charge in [0.25, 0.3) is 0 Å². The smallest absolute Gasteiger partial charge is 0.246 e. The molecule has 0 aromatic carbocycles. The predicted molar refractivity (Wildman–Crippen MR) is 72.6 cm³/mol. The number of aryl methyl sites for hydroxylation is 1. The zero-order valence-corrected chi connectivity index (χ0v) is 11.8. The number of nitrogens with zero attached hydrogens (tertiary/aromatic N) is 3. The molecule has 1 spiro atoms. The second-order valence-electron chi connectivity index (χ2n) is 5.74. The molecule has 2 heterocycles. The van der Waals surface area contributed by atoms with Gasteiger partial charge in [0.1, 0.15) is 5.54 Å². The van der Waals surface area contributed by atoms with Gasteiger partial charge >= 0.3 is 0 Å².